The summed E-state index contributed by atoms with van der Waals surface area (Å²) in [6, 6.07) is 0. The molecule has 0 aliphatic rings. The third-order valence-electron chi connectivity index (χ3n) is 8.80. The quantitative estimate of drug-likeness (QED) is 0.0437. The number of rotatable bonds is 36. The topological polar surface area (TPSA) is 134 Å². The standard InChI is InChI=1S/C37H74NO8P/c1-3-5-7-9-11-13-15-17-19-21-23-25-27-29-36(41)38(31-32-45-47(43,44)46-34-35(40)33-39)37(42)30-28-26-24-22-20-18-16-14-12-10-8-6-4-2/h35,39-40H,3-34H2,1-2H3,(H,43,44)/t35-/m1/s1. The van der Waals surface area contributed by atoms with Gasteiger partial charge in [-0.1, -0.05) is 168 Å². The Labute approximate surface area is 288 Å². The molecule has 0 bridgehead atoms. The first-order valence-electron chi connectivity index (χ1n) is 19.5. The van der Waals surface area contributed by atoms with Gasteiger partial charge in [-0.15, -0.1) is 0 Å². The van der Waals surface area contributed by atoms with Crippen LogP contribution >= 0.6 is 7.82 Å². The maximum Gasteiger partial charge on any atom is 0.472 e. The molecule has 0 saturated heterocycles. The molecule has 10 heteroatoms. The van der Waals surface area contributed by atoms with Crippen LogP contribution in [-0.4, -0.2) is 64.3 Å². The highest BCUT2D eigenvalue weighted by molar-refractivity contribution is 7.47. The van der Waals surface area contributed by atoms with Gasteiger partial charge < -0.3 is 15.1 Å². The second kappa shape index (κ2) is 33.7. The molecule has 0 aliphatic heterocycles. The van der Waals surface area contributed by atoms with Gasteiger partial charge in [0.15, 0.2) is 0 Å². The number of phosphoric ester groups is 1. The van der Waals surface area contributed by atoms with Crippen molar-refractivity contribution in [3.05, 3.63) is 0 Å². The Hall–Kier alpha value is -0.830. The Morgan fingerprint density at radius 3 is 1.21 bits per heavy atom. The maximum absolute atomic E-state index is 13.1. The number of aliphatic hydroxyl groups excluding tert-OH is 2. The van der Waals surface area contributed by atoms with E-state index in [1.165, 1.54) is 120 Å². The molecule has 0 aromatic heterocycles. The average Bonchev–Trinajstić information content (AvgIpc) is 3.06. The number of phosphoric acid groups is 1. The minimum absolute atomic E-state index is 0.134. The summed E-state index contributed by atoms with van der Waals surface area (Å²) in [5.74, 6) is -0.554. The van der Waals surface area contributed by atoms with Gasteiger partial charge in [-0.3, -0.25) is 23.5 Å². The van der Waals surface area contributed by atoms with Crippen LogP contribution in [0.5, 0.6) is 0 Å². The smallest absolute Gasteiger partial charge is 0.394 e. The molecule has 0 heterocycles. The molecule has 0 saturated carbocycles. The fourth-order valence-electron chi connectivity index (χ4n) is 5.76. The number of hydrogen-bond donors (Lipinski definition) is 3. The zero-order valence-corrected chi connectivity index (χ0v) is 31.4. The highest BCUT2D eigenvalue weighted by Crippen LogP contribution is 2.43. The zero-order valence-electron chi connectivity index (χ0n) is 30.5. The van der Waals surface area contributed by atoms with E-state index >= 15 is 0 Å². The Bertz CT molecular complexity index is 727. The number of carbonyl (C=O) groups excluding carboxylic acids is 2. The SMILES string of the molecule is CCCCCCCCCCCCCCCC(=O)N(CCOP(=O)(O)OC[C@H](O)CO)C(=O)CCCCCCCCCCCCCCC. The second-order valence-electron chi connectivity index (χ2n) is 13.4. The van der Waals surface area contributed by atoms with Crippen LogP contribution in [0.15, 0.2) is 0 Å². The summed E-state index contributed by atoms with van der Waals surface area (Å²) in [5.41, 5.74) is 0. The van der Waals surface area contributed by atoms with Gasteiger partial charge >= 0.3 is 7.82 Å². The molecule has 0 fully saturated rings. The van der Waals surface area contributed by atoms with Crippen LogP contribution in [0.25, 0.3) is 0 Å². The van der Waals surface area contributed by atoms with Crippen molar-refractivity contribution in [1.29, 1.82) is 0 Å². The third kappa shape index (κ3) is 30.9. The lowest BCUT2D eigenvalue weighted by atomic mass is 10.0. The van der Waals surface area contributed by atoms with Gasteiger partial charge in [-0.2, -0.15) is 0 Å². The van der Waals surface area contributed by atoms with Crippen LogP contribution in [-0.2, 0) is 23.2 Å². The predicted molar refractivity (Wildman–Crippen MR) is 192 cm³/mol. The van der Waals surface area contributed by atoms with Crippen molar-refractivity contribution in [2.75, 3.05) is 26.4 Å². The molecule has 280 valence electrons. The second-order valence-corrected chi connectivity index (χ2v) is 14.8. The van der Waals surface area contributed by atoms with Crippen LogP contribution in [0.2, 0.25) is 0 Å². The van der Waals surface area contributed by atoms with Gasteiger partial charge in [0, 0.05) is 12.8 Å². The first-order valence-corrected chi connectivity index (χ1v) is 21.0. The molecule has 1 unspecified atom stereocenters. The molecule has 2 amide bonds. The van der Waals surface area contributed by atoms with Crippen molar-refractivity contribution in [2.24, 2.45) is 0 Å². The van der Waals surface area contributed by atoms with E-state index in [-0.39, 0.29) is 37.8 Å². The summed E-state index contributed by atoms with van der Waals surface area (Å²) in [6.07, 6.45) is 30.6. The Morgan fingerprint density at radius 2 is 0.894 bits per heavy atom. The summed E-state index contributed by atoms with van der Waals surface area (Å²) in [7, 11) is -4.50. The van der Waals surface area contributed by atoms with Crippen molar-refractivity contribution >= 4 is 19.6 Å². The molecular formula is C37H74NO8P. The van der Waals surface area contributed by atoms with E-state index in [4.69, 9.17) is 9.63 Å². The fourth-order valence-corrected chi connectivity index (χ4v) is 6.51. The molecule has 9 nitrogen and oxygen atoms in total. The number of aliphatic hydroxyl groups is 2. The van der Waals surface area contributed by atoms with Gasteiger partial charge in [0.1, 0.15) is 6.10 Å². The van der Waals surface area contributed by atoms with Crippen LogP contribution in [0.4, 0.5) is 0 Å². The first-order chi connectivity index (χ1) is 22.8. The van der Waals surface area contributed by atoms with E-state index in [0.29, 0.717) is 12.8 Å². The Morgan fingerprint density at radius 1 is 0.574 bits per heavy atom. The minimum Gasteiger partial charge on any atom is -0.394 e. The molecular weight excluding hydrogens is 617 g/mol. The molecule has 0 spiro atoms. The highest BCUT2D eigenvalue weighted by Gasteiger charge is 2.25. The van der Waals surface area contributed by atoms with Crippen LogP contribution in [0.1, 0.15) is 194 Å². The molecule has 0 radical (unpaired) electrons. The van der Waals surface area contributed by atoms with Gasteiger partial charge in [-0.25, -0.2) is 4.57 Å². The number of carbonyl (C=O) groups is 2. The van der Waals surface area contributed by atoms with Gasteiger partial charge in [0.05, 0.1) is 26.4 Å². The fraction of sp³-hybridized carbons (Fsp3) is 0.946. The minimum atomic E-state index is -4.50. The van der Waals surface area contributed by atoms with E-state index in [1.807, 2.05) is 0 Å². The summed E-state index contributed by atoms with van der Waals surface area (Å²) in [5, 5.41) is 18.2. The number of imide groups is 1. The van der Waals surface area contributed by atoms with Crippen LogP contribution in [0, 0.1) is 0 Å². The summed E-state index contributed by atoms with van der Waals surface area (Å²) in [4.78, 5) is 37.1. The van der Waals surface area contributed by atoms with E-state index in [9.17, 15) is 24.2 Å². The monoisotopic (exact) mass is 692 g/mol. The zero-order chi connectivity index (χ0) is 34.9. The number of amides is 2. The van der Waals surface area contributed by atoms with Crippen molar-refractivity contribution in [1.82, 2.24) is 4.90 Å². The van der Waals surface area contributed by atoms with Gasteiger partial charge in [-0.05, 0) is 12.8 Å². The molecule has 47 heavy (non-hydrogen) atoms. The lowest BCUT2D eigenvalue weighted by molar-refractivity contribution is -0.145. The van der Waals surface area contributed by atoms with Crippen LogP contribution in [0.3, 0.4) is 0 Å². The Kier molecular flexibility index (Phi) is 33.1. The highest BCUT2D eigenvalue weighted by atomic mass is 31.2. The normalized spacial score (nSPS) is 13.5. The molecule has 0 aromatic carbocycles. The number of unbranched alkanes of at least 4 members (excludes halogenated alkanes) is 24. The van der Waals surface area contributed by atoms with Gasteiger partial charge in [0.25, 0.3) is 0 Å². The van der Waals surface area contributed by atoms with Crippen molar-refractivity contribution < 1.29 is 38.3 Å². The van der Waals surface area contributed by atoms with Crippen LogP contribution < -0.4 is 0 Å². The lowest BCUT2D eigenvalue weighted by Crippen LogP contribution is -2.39. The van der Waals surface area contributed by atoms with Gasteiger partial charge in [0.2, 0.25) is 11.8 Å². The molecule has 3 N–H and O–H groups in total. The molecule has 0 rings (SSSR count). The predicted octanol–water partition coefficient (Wildman–Crippen LogP) is 9.79. The maximum atomic E-state index is 13.1. The van der Waals surface area contributed by atoms with E-state index in [2.05, 4.69) is 18.4 Å². The summed E-state index contributed by atoms with van der Waals surface area (Å²) >= 11 is 0. The summed E-state index contributed by atoms with van der Waals surface area (Å²) < 4.78 is 21.7. The van der Waals surface area contributed by atoms with Crippen molar-refractivity contribution in [3.8, 4) is 0 Å². The van der Waals surface area contributed by atoms with E-state index < -0.39 is 27.1 Å². The van der Waals surface area contributed by atoms with E-state index in [0.717, 1.165) is 38.5 Å². The first kappa shape index (κ1) is 46.2. The molecule has 0 aliphatic carbocycles. The van der Waals surface area contributed by atoms with E-state index in [1.54, 1.807) is 0 Å². The van der Waals surface area contributed by atoms with Crippen molar-refractivity contribution in [3.63, 3.8) is 0 Å². The van der Waals surface area contributed by atoms with Crippen molar-refractivity contribution in [2.45, 2.75) is 200 Å². The largest absolute Gasteiger partial charge is 0.472 e. The number of nitrogens with zero attached hydrogens (tertiary/aromatic N) is 1. The lowest BCUT2D eigenvalue weighted by Gasteiger charge is -2.22. The Balaban J connectivity index is 4.40. The molecule has 2 atom stereocenters. The third-order valence-corrected chi connectivity index (χ3v) is 9.78. The molecule has 0 aromatic rings. The average molecular weight is 692 g/mol. The number of hydrogen-bond acceptors (Lipinski definition) is 7. The summed E-state index contributed by atoms with van der Waals surface area (Å²) in [6.45, 7) is 2.82.